The van der Waals surface area contributed by atoms with Crippen LogP contribution in [0.3, 0.4) is 0 Å². The lowest BCUT2D eigenvalue weighted by atomic mass is 9.99. The number of nitrogens with zero attached hydrogens (tertiary/aromatic N) is 1. The quantitative estimate of drug-likeness (QED) is 0.560. The van der Waals surface area contributed by atoms with Crippen LogP contribution in [-0.2, 0) is 4.74 Å². The normalized spacial score (nSPS) is 15.9. The van der Waals surface area contributed by atoms with E-state index in [1.165, 1.54) is 25.8 Å². The van der Waals surface area contributed by atoms with Gasteiger partial charge in [-0.05, 0) is 53.2 Å². The molecule has 0 radical (unpaired) electrons. The molecule has 0 heterocycles. The third-order valence-electron chi connectivity index (χ3n) is 2.75. The van der Waals surface area contributed by atoms with Gasteiger partial charge >= 0.3 is 0 Å². The van der Waals surface area contributed by atoms with Gasteiger partial charge in [0.1, 0.15) is 0 Å². The van der Waals surface area contributed by atoms with Gasteiger partial charge in [-0.15, -0.1) is 0 Å². The maximum Gasteiger partial charge on any atom is 0.0572 e. The highest BCUT2D eigenvalue weighted by Gasteiger charge is 2.11. The van der Waals surface area contributed by atoms with Gasteiger partial charge in [0.2, 0.25) is 0 Å². The van der Waals surface area contributed by atoms with Crippen LogP contribution in [0.2, 0.25) is 0 Å². The van der Waals surface area contributed by atoms with E-state index < -0.39 is 0 Å². The van der Waals surface area contributed by atoms with E-state index in [4.69, 9.17) is 4.74 Å². The second kappa shape index (κ2) is 8.25. The minimum Gasteiger partial charge on any atom is -0.379 e. The predicted molar refractivity (Wildman–Crippen MR) is 62.7 cm³/mol. The summed E-state index contributed by atoms with van der Waals surface area (Å²) in [4.78, 5) is 2.25. The Bertz CT molecular complexity index is 125. The smallest absolute Gasteiger partial charge is 0.0572 e. The van der Waals surface area contributed by atoms with Gasteiger partial charge < -0.3 is 9.64 Å². The van der Waals surface area contributed by atoms with Crippen molar-refractivity contribution in [3.63, 3.8) is 0 Å². The molecule has 0 unspecified atom stereocenters. The van der Waals surface area contributed by atoms with Gasteiger partial charge in [0.15, 0.2) is 0 Å². The molecule has 0 fully saturated rings. The second-order valence-corrected chi connectivity index (χ2v) is 4.44. The number of ether oxygens (including phenoxy) is 1. The summed E-state index contributed by atoms with van der Waals surface area (Å²) in [6, 6.07) is 0. The maximum absolute atomic E-state index is 5.57. The Labute approximate surface area is 89.6 Å². The highest BCUT2D eigenvalue weighted by Crippen LogP contribution is 2.14. The molecular weight excluding hydrogens is 174 g/mol. The Kier molecular flexibility index (Phi) is 8.20. The molecule has 0 aromatic carbocycles. The van der Waals surface area contributed by atoms with E-state index in [0.29, 0.717) is 12.0 Å². The van der Waals surface area contributed by atoms with E-state index >= 15 is 0 Å². The van der Waals surface area contributed by atoms with Crippen molar-refractivity contribution in [3.05, 3.63) is 0 Å². The average molecular weight is 201 g/mol. The highest BCUT2D eigenvalue weighted by molar-refractivity contribution is 4.61. The molecule has 2 nitrogen and oxygen atoms in total. The first-order chi connectivity index (χ1) is 6.57. The molecule has 0 aliphatic heterocycles. The fourth-order valence-electron chi connectivity index (χ4n) is 1.56. The van der Waals surface area contributed by atoms with Crippen molar-refractivity contribution in [1.29, 1.82) is 0 Å². The van der Waals surface area contributed by atoms with Crippen LogP contribution in [0.4, 0.5) is 0 Å². The van der Waals surface area contributed by atoms with Crippen molar-refractivity contribution >= 4 is 0 Å². The lowest BCUT2D eigenvalue weighted by molar-refractivity contribution is 0.0352. The first-order valence-electron chi connectivity index (χ1n) is 5.84. The zero-order valence-electron chi connectivity index (χ0n) is 10.5. The molecule has 2 atom stereocenters. The van der Waals surface area contributed by atoms with Crippen molar-refractivity contribution in [3.8, 4) is 0 Å². The molecule has 86 valence electrons. The fraction of sp³-hybridized carbons (Fsp3) is 1.00. The second-order valence-electron chi connectivity index (χ2n) is 4.44. The topological polar surface area (TPSA) is 12.5 Å². The standard InChI is InChI=1S/C12H27NO/c1-6-14-12(3)11(2)9-7-8-10-13(4)5/h11-12H,6-10H2,1-5H3/t11-,12-/m0/s1. The lowest BCUT2D eigenvalue weighted by Crippen LogP contribution is -2.19. The molecule has 0 N–H and O–H groups in total. The molecule has 0 amide bonds. The van der Waals surface area contributed by atoms with Crippen molar-refractivity contribution in [2.45, 2.75) is 46.1 Å². The number of hydrogen-bond donors (Lipinski definition) is 0. The summed E-state index contributed by atoms with van der Waals surface area (Å²) in [6.07, 6.45) is 4.32. The fourth-order valence-corrected chi connectivity index (χ4v) is 1.56. The Morgan fingerprint density at radius 2 is 1.79 bits per heavy atom. The summed E-state index contributed by atoms with van der Waals surface area (Å²) in [5.41, 5.74) is 0. The van der Waals surface area contributed by atoms with Crippen LogP contribution in [0.1, 0.15) is 40.0 Å². The monoisotopic (exact) mass is 201 g/mol. The van der Waals surface area contributed by atoms with E-state index in [1.807, 2.05) is 0 Å². The van der Waals surface area contributed by atoms with Gasteiger partial charge in [-0.1, -0.05) is 13.3 Å². The number of rotatable bonds is 8. The van der Waals surface area contributed by atoms with Crippen LogP contribution >= 0.6 is 0 Å². The van der Waals surface area contributed by atoms with Gasteiger partial charge in [-0.2, -0.15) is 0 Å². The summed E-state index contributed by atoms with van der Waals surface area (Å²) < 4.78 is 5.57. The maximum atomic E-state index is 5.57. The van der Waals surface area contributed by atoms with Gasteiger partial charge in [-0.25, -0.2) is 0 Å². The van der Waals surface area contributed by atoms with Crippen LogP contribution in [0.5, 0.6) is 0 Å². The SMILES string of the molecule is CCO[C@@H](C)[C@@H](C)CCCCN(C)C. The Hall–Kier alpha value is -0.0800. The summed E-state index contributed by atoms with van der Waals surface area (Å²) >= 11 is 0. The molecule has 0 aliphatic carbocycles. The highest BCUT2D eigenvalue weighted by atomic mass is 16.5. The van der Waals surface area contributed by atoms with E-state index in [1.54, 1.807) is 0 Å². The van der Waals surface area contributed by atoms with E-state index in [-0.39, 0.29) is 0 Å². The van der Waals surface area contributed by atoms with E-state index in [0.717, 1.165) is 6.61 Å². The van der Waals surface area contributed by atoms with Crippen LogP contribution in [0.15, 0.2) is 0 Å². The molecule has 0 aliphatic rings. The number of hydrogen-bond acceptors (Lipinski definition) is 2. The predicted octanol–water partition coefficient (Wildman–Crippen LogP) is 2.78. The number of unbranched alkanes of at least 4 members (excludes halogenated alkanes) is 1. The molecule has 0 aromatic heterocycles. The first kappa shape index (κ1) is 13.9. The lowest BCUT2D eigenvalue weighted by Gasteiger charge is -2.20. The first-order valence-corrected chi connectivity index (χ1v) is 5.84. The molecule has 14 heavy (non-hydrogen) atoms. The van der Waals surface area contributed by atoms with Crippen molar-refractivity contribution < 1.29 is 4.74 Å². The molecule has 0 saturated carbocycles. The van der Waals surface area contributed by atoms with E-state index in [2.05, 4.69) is 39.8 Å². The van der Waals surface area contributed by atoms with Gasteiger partial charge in [-0.3, -0.25) is 0 Å². The summed E-state index contributed by atoms with van der Waals surface area (Å²) in [6.45, 7) is 8.57. The third-order valence-corrected chi connectivity index (χ3v) is 2.75. The van der Waals surface area contributed by atoms with Crippen LogP contribution < -0.4 is 0 Å². The molecule has 0 aromatic rings. The Morgan fingerprint density at radius 3 is 2.29 bits per heavy atom. The van der Waals surface area contributed by atoms with Gasteiger partial charge in [0.05, 0.1) is 6.10 Å². The molecule has 0 saturated heterocycles. The minimum absolute atomic E-state index is 0.416. The Morgan fingerprint density at radius 1 is 1.14 bits per heavy atom. The molecular formula is C12H27NO. The van der Waals surface area contributed by atoms with Crippen molar-refractivity contribution in [2.24, 2.45) is 5.92 Å². The van der Waals surface area contributed by atoms with Crippen molar-refractivity contribution in [1.82, 2.24) is 4.90 Å². The van der Waals surface area contributed by atoms with Crippen LogP contribution in [-0.4, -0.2) is 38.3 Å². The Balaban J connectivity index is 3.38. The largest absolute Gasteiger partial charge is 0.379 e. The van der Waals surface area contributed by atoms with Crippen molar-refractivity contribution in [2.75, 3.05) is 27.2 Å². The summed E-state index contributed by atoms with van der Waals surface area (Å²) in [7, 11) is 4.26. The summed E-state index contributed by atoms with van der Waals surface area (Å²) in [5, 5.41) is 0. The zero-order valence-corrected chi connectivity index (χ0v) is 10.5. The van der Waals surface area contributed by atoms with E-state index in [9.17, 15) is 0 Å². The van der Waals surface area contributed by atoms with Crippen LogP contribution in [0, 0.1) is 5.92 Å². The minimum atomic E-state index is 0.416. The summed E-state index contributed by atoms with van der Waals surface area (Å²) in [5.74, 6) is 0.692. The third kappa shape index (κ3) is 7.34. The van der Waals surface area contributed by atoms with Gasteiger partial charge in [0.25, 0.3) is 0 Å². The molecule has 2 heteroatoms. The average Bonchev–Trinajstić information content (AvgIpc) is 2.12. The van der Waals surface area contributed by atoms with Crippen LogP contribution in [0.25, 0.3) is 0 Å². The molecule has 0 spiro atoms. The molecule has 0 rings (SSSR count). The zero-order chi connectivity index (χ0) is 11.0. The van der Waals surface area contributed by atoms with Gasteiger partial charge in [0, 0.05) is 6.61 Å². The molecule has 0 bridgehead atoms.